The van der Waals surface area contributed by atoms with Crippen LogP contribution in [-0.4, -0.2) is 50.7 Å². The molecule has 16 heavy (non-hydrogen) atoms. The van der Waals surface area contributed by atoms with E-state index in [0.717, 1.165) is 5.92 Å². The van der Waals surface area contributed by atoms with Gasteiger partial charge in [-0.1, -0.05) is 12.8 Å². The first-order valence-electron chi connectivity index (χ1n) is 7.09. The van der Waals surface area contributed by atoms with Crippen LogP contribution in [0.15, 0.2) is 0 Å². The number of rotatable bonds is 7. The molecule has 2 N–H and O–H groups in total. The third-order valence-electron chi connectivity index (χ3n) is 3.70. The smallest absolute Gasteiger partial charge is 0.0107 e. The van der Waals surface area contributed by atoms with E-state index in [1.165, 1.54) is 77.9 Å². The molecule has 3 nitrogen and oxygen atoms in total. The van der Waals surface area contributed by atoms with Gasteiger partial charge in [-0.25, -0.2) is 0 Å². The van der Waals surface area contributed by atoms with E-state index in [0.29, 0.717) is 0 Å². The molecular formula is C13H27N3. The van der Waals surface area contributed by atoms with Crippen LogP contribution in [-0.2, 0) is 0 Å². The van der Waals surface area contributed by atoms with Crippen molar-refractivity contribution in [1.29, 1.82) is 0 Å². The van der Waals surface area contributed by atoms with Crippen LogP contribution < -0.4 is 10.6 Å². The third-order valence-corrected chi connectivity index (χ3v) is 3.70. The lowest BCUT2D eigenvalue weighted by Gasteiger charge is -2.19. The Morgan fingerprint density at radius 2 is 2.06 bits per heavy atom. The van der Waals surface area contributed by atoms with Crippen LogP contribution in [0.3, 0.4) is 0 Å². The molecule has 3 heteroatoms. The Kier molecular flexibility index (Phi) is 5.59. The van der Waals surface area contributed by atoms with Gasteiger partial charge in [0.15, 0.2) is 0 Å². The first-order valence-corrected chi connectivity index (χ1v) is 7.09. The minimum atomic E-state index is 1.10. The molecule has 0 aromatic carbocycles. The quantitative estimate of drug-likeness (QED) is 0.635. The van der Waals surface area contributed by atoms with Gasteiger partial charge in [0, 0.05) is 26.2 Å². The molecule has 0 amide bonds. The normalized spacial score (nSPS) is 23.2. The van der Waals surface area contributed by atoms with Gasteiger partial charge in [0.05, 0.1) is 0 Å². The molecule has 0 unspecified atom stereocenters. The molecule has 1 aliphatic heterocycles. The van der Waals surface area contributed by atoms with Crippen molar-refractivity contribution in [2.45, 2.75) is 32.1 Å². The predicted molar refractivity (Wildman–Crippen MR) is 68.8 cm³/mol. The maximum absolute atomic E-state index is 3.57. The highest BCUT2D eigenvalue weighted by Crippen LogP contribution is 2.33. The first kappa shape index (κ1) is 12.3. The summed E-state index contributed by atoms with van der Waals surface area (Å²) in [6.07, 6.45) is 7.15. The predicted octanol–water partition coefficient (Wildman–Crippen LogP) is 1.06. The molecule has 2 rings (SSSR count). The molecule has 0 atom stereocenters. The summed E-state index contributed by atoms with van der Waals surface area (Å²) in [5.41, 5.74) is 0. The van der Waals surface area contributed by atoms with Crippen LogP contribution in [0.1, 0.15) is 32.1 Å². The SMILES string of the molecule is C(CNCCN1CCCNCC1)CC1CC1. The van der Waals surface area contributed by atoms with Gasteiger partial charge in [0.25, 0.3) is 0 Å². The summed E-state index contributed by atoms with van der Waals surface area (Å²) in [7, 11) is 0. The minimum absolute atomic E-state index is 1.10. The van der Waals surface area contributed by atoms with Crippen molar-refractivity contribution < 1.29 is 0 Å². The van der Waals surface area contributed by atoms with Crippen LogP contribution in [0.2, 0.25) is 0 Å². The van der Waals surface area contributed by atoms with Crippen LogP contribution in [0, 0.1) is 5.92 Å². The van der Waals surface area contributed by atoms with E-state index in [-0.39, 0.29) is 0 Å². The topological polar surface area (TPSA) is 27.3 Å². The van der Waals surface area contributed by atoms with Gasteiger partial charge < -0.3 is 15.5 Å². The van der Waals surface area contributed by atoms with Gasteiger partial charge in [-0.05, 0) is 44.8 Å². The van der Waals surface area contributed by atoms with Crippen molar-refractivity contribution in [3.05, 3.63) is 0 Å². The van der Waals surface area contributed by atoms with Gasteiger partial charge in [0.2, 0.25) is 0 Å². The maximum atomic E-state index is 3.57. The fourth-order valence-electron chi connectivity index (χ4n) is 2.41. The Morgan fingerprint density at radius 1 is 1.12 bits per heavy atom. The number of nitrogens with zero attached hydrogens (tertiary/aromatic N) is 1. The highest BCUT2D eigenvalue weighted by molar-refractivity contribution is 4.73. The Labute approximate surface area is 100.0 Å². The van der Waals surface area contributed by atoms with Crippen LogP contribution in [0.25, 0.3) is 0 Å². The summed E-state index contributed by atoms with van der Waals surface area (Å²) < 4.78 is 0. The average molecular weight is 225 g/mol. The summed E-state index contributed by atoms with van der Waals surface area (Å²) in [6.45, 7) is 8.49. The maximum Gasteiger partial charge on any atom is 0.0107 e. The minimum Gasteiger partial charge on any atom is -0.315 e. The Morgan fingerprint density at radius 3 is 2.94 bits per heavy atom. The zero-order valence-corrected chi connectivity index (χ0v) is 10.5. The molecule has 1 saturated heterocycles. The Balaban J connectivity index is 1.40. The monoisotopic (exact) mass is 225 g/mol. The summed E-state index contributed by atoms with van der Waals surface area (Å²) >= 11 is 0. The molecule has 1 heterocycles. The van der Waals surface area contributed by atoms with Crippen molar-refractivity contribution in [3.8, 4) is 0 Å². The largest absolute Gasteiger partial charge is 0.315 e. The highest BCUT2D eigenvalue weighted by Gasteiger charge is 2.19. The van der Waals surface area contributed by atoms with E-state index < -0.39 is 0 Å². The van der Waals surface area contributed by atoms with Crippen LogP contribution in [0.4, 0.5) is 0 Å². The highest BCUT2D eigenvalue weighted by atomic mass is 15.2. The second kappa shape index (κ2) is 7.25. The summed E-state index contributed by atoms with van der Waals surface area (Å²) in [6, 6.07) is 0. The molecule has 0 spiro atoms. The molecule has 1 aliphatic carbocycles. The molecular weight excluding hydrogens is 198 g/mol. The van der Waals surface area contributed by atoms with Crippen molar-refractivity contribution in [2.75, 3.05) is 45.8 Å². The molecule has 1 saturated carbocycles. The van der Waals surface area contributed by atoms with Crippen molar-refractivity contribution in [2.24, 2.45) is 5.92 Å². The summed E-state index contributed by atoms with van der Waals surface area (Å²) in [4.78, 5) is 2.58. The lowest BCUT2D eigenvalue weighted by Crippen LogP contribution is -2.34. The van der Waals surface area contributed by atoms with Crippen molar-refractivity contribution in [3.63, 3.8) is 0 Å². The van der Waals surface area contributed by atoms with Gasteiger partial charge in [0.1, 0.15) is 0 Å². The van der Waals surface area contributed by atoms with Crippen molar-refractivity contribution in [1.82, 2.24) is 15.5 Å². The zero-order chi connectivity index (χ0) is 11.1. The van der Waals surface area contributed by atoms with Gasteiger partial charge >= 0.3 is 0 Å². The summed E-state index contributed by atoms with van der Waals surface area (Å²) in [5, 5.41) is 7.02. The lowest BCUT2D eigenvalue weighted by atomic mass is 10.2. The third kappa shape index (κ3) is 5.28. The molecule has 2 aliphatic rings. The fourth-order valence-corrected chi connectivity index (χ4v) is 2.41. The lowest BCUT2D eigenvalue weighted by molar-refractivity contribution is 0.291. The van der Waals surface area contributed by atoms with Gasteiger partial charge in [-0.3, -0.25) is 0 Å². The average Bonchev–Trinajstić information content (AvgIpc) is 3.10. The van der Waals surface area contributed by atoms with Crippen LogP contribution >= 0.6 is 0 Å². The van der Waals surface area contributed by atoms with Crippen molar-refractivity contribution >= 4 is 0 Å². The van der Waals surface area contributed by atoms with E-state index >= 15 is 0 Å². The Hall–Kier alpha value is -0.120. The zero-order valence-electron chi connectivity index (χ0n) is 10.5. The van der Waals surface area contributed by atoms with Gasteiger partial charge in [-0.2, -0.15) is 0 Å². The first-order chi connectivity index (χ1) is 7.95. The second-order valence-corrected chi connectivity index (χ2v) is 5.28. The number of hydrogen-bond donors (Lipinski definition) is 2. The molecule has 0 aromatic heterocycles. The van der Waals surface area contributed by atoms with E-state index in [1.807, 2.05) is 0 Å². The van der Waals surface area contributed by atoms with Gasteiger partial charge in [-0.15, -0.1) is 0 Å². The van der Waals surface area contributed by atoms with E-state index in [2.05, 4.69) is 15.5 Å². The van der Waals surface area contributed by atoms with E-state index in [1.54, 1.807) is 0 Å². The molecule has 0 bridgehead atoms. The standard InChI is InChI=1S/C13H27N3/c1(3-13-4-5-13)6-14-8-11-16-10-2-7-15-9-12-16/h13-15H,1-12H2. The number of hydrogen-bond acceptors (Lipinski definition) is 3. The van der Waals surface area contributed by atoms with E-state index in [9.17, 15) is 0 Å². The number of nitrogens with one attached hydrogen (secondary N) is 2. The molecule has 94 valence electrons. The van der Waals surface area contributed by atoms with Crippen LogP contribution in [0.5, 0.6) is 0 Å². The second-order valence-electron chi connectivity index (χ2n) is 5.28. The fraction of sp³-hybridized carbons (Fsp3) is 1.00. The Bertz CT molecular complexity index is 172. The van der Waals surface area contributed by atoms with E-state index in [4.69, 9.17) is 0 Å². The molecule has 0 aromatic rings. The molecule has 2 fully saturated rings. The summed E-state index contributed by atoms with van der Waals surface area (Å²) in [5.74, 6) is 1.10. The molecule has 0 radical (unpaired) electrons.